The van der Waals surface area contributed by atoms with E-state index in [0.29, 0.717) is 23.3 Å². The van der Waals surface area contributed by atoms with Crippen LogP contribution in [0, 0.1) is 0 Å². The minimum Gasteiger partial charge on any atom is -0.372 e. The van der Waals surface area contributed by atoms with E-state index >= 15 is 0 Å². The van der Waals surface area contributed by atoms with Crippen molar-refractivity contribution in [1.82, 2.24) is 4.31 Å². The van der Waals surface area contributed by atoms with E-state index in [4.69, 9.17) is 4.74 Å². The number of morpholine rings is 1. The molecule has 2 atom stereocenters. The molecule has 1 aromatic carbocycles. The zero-order chi connectivity index (χ0) is 15.0. The third-order valence-corrected chi connectivity index (χ3v) is 6.72. The van der Waals surface area contributed by atoms with Crippen molar-refractivity contribution in [3.63, 3.8) is 0 Å². The van der Waals surface area contributed by atoms with Crippen LogP contribution >= 0.6 is 15.9 Å². The summed E-state index contributed by atoms with van der Waals surface area (Å²) in [6, 6.07) is 5.59. The van der Waals surface area contributed by atoms with E-state index in [9.17, 15) is 8.42 Å². The van der Waals surface area contributed by atoms with Crippen LogP contribution in [0.1, 0.15) is 24.5 Å². The van der Waals surface area contributed by atoms with Gasteiger partial charge in [-0.15, -0.1) is 0 Å². The number of ether oxygens (including phenoxy) is 1. The van der Waals surface area contributed by atoms with Gasteiger partial charge < -0.3 is 4.74 Å². The molecule has 116 valence electrons. The highest BCUT2D eigenvalue weighted by Crippen LogP contribution is 2.27. The van der Waals surface area contributed by atoms with Crippen LogP contribution in [-0.2, 0) is 27.6 Å². The van der Waals surface area contributed by atoms with Gasteiger partial charge >= 0.3 is 0 Å². The van der Waals surface area contributed by atoms with Crippen LogP contribution in [0.5, 0.6) is 0 Å². The van der Waals surface area contributed by atoms with Gasteiger partial charge in [0.25, 0.3) is 0 Å². The second-order valence-corrected chi connectivity index (χ2v) is 8.41. The van der Waals surface area contributed by atoms with Crippen LogP contribution in [0.4, 0.5) is 0 Å². The Morgan fingerprint density at radius 1 is 1.29 bits per heavy atom. The monoisotopic (exact) mass is 373 g/mol. The van der Waals surface area contributed by atoms with Gasteiger partial charge in [-0.2, -0.15) is 4.31 Å². The molecule has 3 rings (SSSR count). The molecule has 0 amide bonds. The number of halogens is 1. The van der Waals surface area contributed by atoms with Gasteiger partial charge in [-0.1, -0.05) is 22.0 Å². The van der Waals surface area contributed by atoms with Crippen molar-refractivity contribution in [2.45, 2.75) is 43.3 Å². The summed E-state index contributed by atoms with van der Waals surface area (Å²) in [6.07, 6.45) is 3.01. The van der Waals surface area contributed by atoms with Crippen LogP contribution in [0.2, 0.25) is 0 Å². The summed E-state index contributed by atoms with van der Waals surface area (Å²) < 4.78 is 33.0. The maximum Gasteiger partial charge on any atom is 0.243 e. The molecule has 0 aromatic heterocycles. The number of alkyl halides is 1. The summed E-state index contributed by atoms with van der Waals surface area (Å²) >= 11 is 3.38. The fourth-order valence-electron chi connectivity index (χ4n) is 3.14. The first-order valence-corrected chi connectivity index (χ1v) is 9.90. The SMILES string of the molecule is CC1CN(S(=O)(=O)c2ccc3c(c2)CCC3)CC(CBr)O1. The molecule has 4 nitrogen and oxygen atoms in total. The van der Waals surface area contributed by atoms with Crippen molar-refractivity contribution < 1.29 is 13.2 Å². The first-order valence-electron chi connectivity index (χ1n) is 7.34. The summed E-state index contributed by atoms with van der Waals surface area (Å²) in [6.45, 7) is 2.75. The first-order chi connectivity index (χ1) is 10.0. The summed E-state index contributed by atoms with van der Waals surface area (Å²) in [4.78, 5) is 0.422. The summed E-state index contributed by atoms with van der Waals surface area (Å²) in [5.74, 6) is 0. The molecule has 1 aromatic rings. The van der Waals surface area contributed by atoms with Crippen molar-refractivity contribution in [3.05, 3.63) is 29.3 Å². The van der Waals surface area contributed by atoms with E-state index in [1.165, 1.54) is 11.1 Å². The quantitative estimate of drug-likeness (QED) is 0.764. The van der Waals surface area contributed by atoms with Crippen LogP contribution in [0.3, 0.4) is 0 Å². The van der Waals surface area contributed by atoms with Gasteiger partial charge in [0, 0.05) is 18.4 Å². The van der Waals surface area contributed by atoms with Crippen molar-refractivity contribution in [2.75, 3.05) is 18.4 Å². The molecule has 1 heterocycles. The Balaban J connectivity index is 1.89. The maximum absolute atomic E-state index is 12.8. The van der Waals surface area contributed by atoms with E-state index in [-0.39, 0.29) is 12.2 Å². The zero-order valence-electron chi connectivity index (χ0n) is 12.1. The number of hydrogen-bond acceptors (Lipinski definition) is 3. The molecule has 0 radical (unpaired) electrons. The van der Waals surface area contributed by atoms with Gasteiger partial charge in [0.2, 0.25) is 10.0 Å². The van der Waals surface area contributed by atoms with Gasteiger partial charge in [-0.05, 0) is 49.4 Å². The number of nitrogens with zero attached hydrogens (tertiary/aromatic N) is 1. The number of fused-ring (bicyclic) bond motifs is 1. The molecular formula is C15H20BrNO3S. The fraction of sp³-hybridized carbons (Fsp3) is 0.600. The highest BCUT2D eigenvalue weighted by atomic mass is 79.9. The first kappa shape index (κ1) is 15.5. The Morgan fingerprint density at radius 3 is 2.81 bits per heavy atom. The second-order valence-electron chi connectivity index (χ2n) is 5.83. The Morgan fingerprint density at radius 2 is 2.05 bits per heavy atom. The van der Waals surface area contributed by atoms with Crippen molar-refractivity contribution >= 4 is 26.0 Å². The Hall–Kier alpha value is -0.430. The molecule has 2 unspecified atom stereocenters. The molecular weight excluding hydrogens is 354 g/mol. The number of aryl methyl sites for hydroxylation is 2. The highest BCUT2D eigenvalue weighted by molar-refractivity contribution is 9.09. The lowest BCUT2D eigenvalue weighted by atomic mass is 10.1. The predicted molar refractivity (Wildman–Crippen MR) is 85.4 cm³/mol. The van der Waals surface area contributed by atoms with Crippen LogP contribution in [-0.4, -0.2) is 43.4 Å². The van der Waals surface area contributed by atoms with Gasteiger partial charge in [0.1, 0.15) is 0 Å². The van der Waals surface area contributed by atoms with E-state index in [1.54, 1.807) is 10.4 Å². The Labute approximate surface area is 134 Å². The molecule has 6 heteroatoms. The minimum absolute atomic E-state index is 0.0782. The van der Waals surface area contributed by atoms with Crippen molar-refractivity contribution in [2.24, 2.45) is 0 Å². The molecule has 21 heavy (non-hydrogen) atoms. The normalized spacial score (nSPS) is 26.8. The standard InChI is InChI=1S/C15H20BrNO3S/c1-11-9-17(10-14(8-16)20-11)21(18,19)15-6-5-12-3-2-4-13(12)7-15/h5-7,11,14H,2-4,8-10H2,1H3. The molecule has 1 aliphatic heterocycles. The van der Waals surface area contributed by atoms with Gasteiger partial charge in [-0.25, -0.2) is 8.42 Å². The molecule has 0 spiro atoms. The highest BCUT2D eigenvalue weighted by Gasteiger charge is 2.33. The zero-order valence-corrected chi connectivity index (χ0v) is 14.5. The molecule has 1 fully saturated rings. The van der Waals surface area contributed by atoms with E-state index in [0.717, 1.165) is 19.3 Å². The van der Waals surface area contributed by atoms with Gasteiger partial charge in [-0.3, -0.25) is 0 Å². The molecule has 1 saturated heterocycles. The smallest absolute Gasteiger partial charge is 0.243 e. The lowest BCUT2D eigenvalue weighted by Crippen LogP contribution is -2.49. The number of hydrogen-bond donors (Lipinski definition) is 0. The molecule has 0 bridgehead atoms. The van der Waals surface area contributed by atoms with Gasteiger partial charge in [0.05, 0.1) is 17.1 Å². The number of benzene rings is 1. The third kappa shape index (κ3) is 3.04. The number of rotatable bonds is 3. The van der Waals surface area contributed by atoms with Gasteiger partial charge in [0.15, 0.2) is 0 Å². The predicted octanol–water partition coefficient (Wildman–Crippen LogP) is 2.35. The van der Waals surface area contributed by atoms with E-state index in [2.05, 4.69) is 15.9 Å². The minimum atomic E-state index is -3.43. The van der Waals surface area contributed by atoms with E-state index < -0.39 is 10.0 Å². The average molecular weight is 374 g/mol. The fourth-order valence-corrected chi connectivity index (χ4v) is 5.10. The second kappa shape index (κ2) is 5.99. The lowest BCUT2D eigenvalue weighted by Gasteiger charge is -2.35. The largest absolute Gasteiger partial charge is 0.372 e. The summed E-state index contributed by atoms with van der Waals surface area (Å²) in [5, 5.41) is 0.646. The van der Waals surface area contributed by atoms with Crippen LogP contribution < -0.4 is 0 Å². The maximum atomic E-state index is 12.8. The Bertz CT molecular complexity index is 632. The van der Waals surface area contributed by atoms with Crippen molar-refractivity contribution in [3.8, 4) is 0 Å². The van der Waals surface area contributed by atoms with Crippen LogP contribution in [0.15, 0.2) is 23.1 Å². The third-order valence-electron chi connectivity index (χ3n) is 4.17. The summed E-state index contributed by atoms with van der Waals surface area (Å²) in [5.41, 5.74) is 2.48. The van der Waals surface area contributed by atoms with Crippen LogP contribution in [0.25, 0.3) is 0 Å². The Kier molecular flexibility index (Phi) is 4.41. The molecule has 0 N–H and O–H groups in total. The average Bonchev–Trinajstić information content (AvgIpc) is 2.93. The number of sulfonamides is 1. The molecule has 2 aliphatic rings. The van der Waals surface area contributed by atoms with E-state index in [1.807, 2.05) is 19.1 Å². The lowest BCUT2D eigenvalue weighted by molar-refractivity contribution is -0.0411. The van der Waals surface area contributed by atoms with Crippen molar-refractivity contribution in [1.29, 1.82) is 0 Å². The molecule has 1 aliphatic carbocycles. The topological polar surface area (TPSA) is 46.6 Å². The molecule has 0 saturated carbocycles. The summed E-state index contributed by atoms with van der Waals surface area (Å²) in [7, 11) is -3.43.